The first-order valence-electron chi connectivity index (χ1n) is 3.95. The second kappa shape index (κ2) is 3.45. The number of aryl methyl sites for hydroxylation is 1. The van der Waals surface area contributed by atoms with E-state index in [1.54, 1.807) is 0 Å². The second-order valence-electron chi connectivity index (χ2n) is 2.79. The second-order valence-corrected chi connectivity index (χ2v) is 5.00. The zero-order valence-electron chi connectivity index (χ0n) is 7.77. The molecule has 1 aromatic heterocycles. The van der Waals surface area contributed by atoms with E-state index >= 15 is 0 Å². The van der Waals surface area contributed by atoms with E-state index in [2.05, 4.69) is 0 Å². The summed E-state index contributed by atoms with van der Waals surface area (Å²) >= 11 is 0. The van der Waals surface area contributed by atoms with E-state index < -0.39 is 15.8 Å². The fourth-order valence-electron chi connectivity index (χ4n) is 0.961. The van der Waals surface area contributed by atoms with Crippen LogP contribution in [0.15, 0.2) is 15.6 Å². The number of hydrogen-bond acceptors (Lipinski definition) is 4. The van der Waals surface area contributed by atoms with Gasteiger partial charge in [0.05, 0.1) is 5.75 Å². The number of carboxylic acids is 1. The molecule has 1 rings (SSSR count). The Kier molecular flexibility index (Phi) is 2.66. The molecule has 0 amide bonds. The van der Waals surface area contributed by atoms with Crippen LogP contribution in [-0.4, -0.2) is 25.2 Å². The molecular formula is C8H10O5S. The predicted octanol–water partition coefficient (Wildman–Crippen LogP) is 1.08. The van der Waals surface area contributed by atoms with E-state index in [0.717, 1.165) is 0 Å². The molecule has 0 unspecified atom stereocenters. The Hall–Kier alpha value is -1.30. The van der Waals surface area contributed by atoms with Gasteiger partial charge < -0.3 is 9.52 Å². The van der Waals surface area contributed by atoms with Crippen molar-refractivity contribution in [3.63, 3.8) is 0 Å². The SMILES string of the molecule is CCS(=O)(=O)c1cc(C)c(C(=O)O)o1. The van der Waals surface area contributed by atoms with Gasteiger partial charge >= 0.3 is 5.97 Å². The summed E-state index contributed by atoms with van der Waals surface area (Å²) in [7, 11) is -3.46. The van der Waals surface area contributed by atoms with E-state index in [1.807, 2.05) is 0 Å². The average molecular weight is 218 g/mol. The third-order valence-corrected chi connectivity index (χ3v) is 3.35. The molecule has 0 aliphatic rings. The number of rotatable bonds is 3. The van der Waals surface area contributed by atoms with Gasteiger partial charge in [0.2, 0.25) is 20.7 Å². The first-order chi connectivity index (χ1) is 6.38. The van der Waals surface area contributed by atoms with Crippen molar-refractivity contribution in [3.05, 3.63) is 17.4 Å². The molecule has 0 fully saturated rings. The molecule has 6 heteroatoms. The van der Waals surface area contributed by atoms with Crippen molar-refractivity contribution in [2.24, 2.45) is 0 Å². The molecular weight excluding hydrogens is 208 g/mol. The van der Waals surface area contributed by atoms with E-state index in [1.165, 1.54) is 19.9 Å². The lowest BCUT2D eigenvalue weighted by molar-refractivity contribution is 0.0655. The van der Waals surface area contributed by atoms with Gasteiger partial charge in [-0.1, -0.05) is 6.92 Å². The topological polar surface area (TPSA) is 84.6 Å². The molecule has 0 radical (unpaired) electrons. The fraction of sp³-hybridized carbons (Fsp3) is 0.375. The molecule has 78 valence electrons. The molecule has 0 aromatic carbocycles. The van der Waals surface area contributed by atoms with Crippen molar-refractivity contribution in [1.82, 2.24) is 0 Å². The molecule has 0 bridgehead atoms. The number of carboxylic acid groups (broad SMARTS) is 1. The van der Waals surface area contributed by atoms with Crippen LogP contribution in [0.4, 0.5) is 0 Å². The molecule has 0 saturated heterocycles. The predicted molar refractivity (Wildman–Crippen MR) is 48.1 cm³/mol. The lowest BCUT2D eigenvalue weighted by Gasteiger charge is -1.93. The Balaban J connectivity index is 3.29. The Labute approximate surface area is 81.3 Å². The molecule has 0 saturated carbocycles. The number of carbonyl (C=O) groups is 1. The van der Waals surface area contributed by atoms with Crippen LogP contribution in [0, 0.1) is 6.92 Å². The summed E-state index contributed by atoms with van der Waals surface area (Å²) in [5, 5.41) is 8.35. The maximum atomic E-state index is 11.3. The summed E-state index contributed by atoms with van der Waals surface area (Å²) in [4.78, 5) is 10.6. The Bertz CT molecular complexity index is 454. The lowest BCUT2D eigenvalue weighted by atomic mass is 10.3. The van der Waals surface area contributed by atoms with Crippen LogP contribution >= 0.6 is 0 Å². The van der Waals surface area contributed by atoms with Gasteiger partial charge in [-0.3, -0.25) is 0 Å². The number of aromatic carboxylic acids is 1. The highest BCUT2D eigenvalue weighted by molar-refractivity contribution is 7.91. The first-order valence-corrected chi connectivity index (χ1v) is 5.60. The molecule has 1 aromatic rings. The van der Waals surface area contributed by atoms with Crippen LogP contribution in [0.3, 0.4) is 0 Å². The van der Waals surface area contributed by atoms with Crippen molar-refractivity contribution < 1.29 is 22.7 Å². The van der Waals surface area contributed by atoms with E-state index in [-0.39, 0.29) is 16.6 Å². The highest BCUT2D eigenvalue weighted by Crippen LogP contribution is 2.19. The number of furan rings is 1. The van der Waals surface area contributed by atoms with Crippen LogP contribution in [0.2, 0.25) is 0 Å². The molecule has 0 spiro atoms. The molecule has 1 N–H and O–H groups in total. The molecule has 5 nitrogen and oxygen atoms in total. The van der Waals surface area contributed by atoms with Crippen LogP contribution in [0.25, 0.3) is 0 Å². The minimum Gasteiger partial charge on any atom is -0.475 e. The van der Waals surface area contributed by atoms with E-state index in [4.69, 9.17) is 9.52 Å². The number of hydrogen-bond donors (Lipinski definition) is 1. The van der Waals surface area contributed by atoms with E-state index in [9.17, 15) is 13.2 Å². The largest absolute Gasteiger partial charge is 0.475 e. The van der Waals surface area contributed by atoms with Gasteiger partial charge in [0, 0.05) is 5.56 Å². The summed E-state index contributed by atoms with van der Waals surface area (Å²) in [5.41, 5.74) is 0.310. The minimum atomic E-state index is -3.46. The standard InChI is InChI=1S/C8H10O5S/c1-3-14(11,12)6-4-5(2)7(13-6)8(9)10/h4H,3H2,1-2H3,(H,9,10). The normalized spacial score (nSPS) is 11.6. The maximum Gasteiger partial charge on any atom is 0.372 e. The van der Waals surface area contributed by atoms with E-state index in [0.29, 0.717) is 5.56 Å². The monoisotopic (exact) mass is 218 g/mol. The van der Waals surface area contributed by atoms with Gasteiger partial charge in [0.15, 0.2) is 0 Å². The Morgan fingerprint density at radius 3 is 2.50 bits per heavy atom. The van der Waals surface area contributed by atoms with Crippen molar-refractivity contribution in [1.29, 1.82) is 0 Å². The van der Waals surface area contributed by atoms with Crippen LogP contribution in [0.1, 0.15) is 23.0 Å². The quantitative estimate of drug-likeness (QED) is 0.820. The van der Waals surface area contributed by atoms with Gasteiger partial charge in [0.1, 0.15) is 0 Å². The van der Waals surface area contributed by atoms with Gasteiger partial charge in [-0.15, -0.1) is 0 Å². The van der Waals surface area contributed by atoms with Crippen molar-refractivity contribution in [2.45, 2.75) is 18.9 Å². The molecule has 0 aliphatic carbocycles. The Morgan fingerprint density at radius 1 is 1.57 bits per heavy atom. The summed E-state index contributed by atoms with van der Waals surface area (Å²) in [6, 6.07) is 1.22. The average Bonchev–Trinajstić information content (AvgIpc) is 2.48. The third-order valence-electron chi connectivity index (χ3n) is 1.78. The summed E-state index contributed by atoms with van der Waals surface area (Å²) < 4.78 is 27.3. The summed E-state index contributed by atoms with van der Waals surface area (Å²) in [6.07, 6.45) is 0. The summed E-state index contributed by atoms with van der Waals surface area (Å²) in [5.74, 6) is -1.70. The first kappa shape index (κ1) is 10.8. The highest BCUT2D eigenvalue weighted by Gasteiger charge is 2.21. The van der Waals surface area contributed by atoms with Gasteiger partial charge in [-0.2, -0.15) is 0 Å². The van der Waals surface area contributed by atoms with Crippen molar-refractivity contribution in [3.8, 4) is 0 Å². The van der Waals surface area contributed by atoms with Crippen molar-refractivity contribution in [2.75, 3.05) is 5.75 Å². The van der Waals surface area contributed by atoms with Gasteiger partial charge in [-0.05, 0) is 13.0 Å². The van der Waals surface area contributed by atoms with Gasteiger partial charge in [0.25, 0.3) is 0 Å². The zero-order valence-corrected chi connectivity index (χ0v) is 8.59. The van der Waals surface area contributed by atoms with Crippen molar-refractivity contribution >= 4 is 15.8 Å². The minimum absolute atomic E-state index is 0.112. The van der Waals surface area contributed by atoms with Crippen LogP contribution in [0.5, 0.6) is 0 Å². The summed E-state index contributed by atoms with van der Waals surface area (Å²) in [6.45, 7) is 2.95. The zero-order chi connectivity index (χ0) is 10.9. The Morgan fingerprint density at radius 2 is 2.14 bits per heavy atom. The highest BCUT2D eigenvalue weighted by atomic mass is 32.2. The maximum absolute atomic E-state index is 11.3. The number of sulfone groups is 1. The third kappa shape index (κ3) is 1.79. The smallest absolute Gasteiger partial charge is 0.372 e. The van der Waals surface area contributed by atoms with Crippen LogP contribution < -0.4 is 0 Å². The van der Waals surface area contributed by atoms with Gasteiger partial charge in [-0.25, -0.2) is 13.2 Å². The molecule has 14 heavy (non-hydrogen) atoms. The lowest BCUT2D eigenvalue weighted by Crippen LogP contribution is -2.02. The molecule has 0 aliphatic heterocycles. The van der Waals surface area contributed by atoms with Crippen LogP contribution in [-0.2, 0) is 9.84 Å². The molecule has 0 atom stereocenters. The fourth-order valence-corrected chi connectivity index (χ4v) is 1.81. The molecule has 1 heterocycles.